The molecule has 0 aliphatic heterocycles. The summed E-state index contributed by atoms with van der Waals surface area (Å²) >= 11 is 6.08. The maximum atomic E-state index is 14.0. The van der Waals surface area contributed by atoms with Crippen LogP contribution in [0.2, 0.25) is 5.02 Å². The molecule has 1 aliphatic rings. The molecule has 4 rings (SSSR count). The quantitative estimate of drug-likeness (QED) is 0.482. The molecular formula is C24H21ClF3N3O3. The molecule has 2 atom stereocenters. The average Bonchev–Trinajstić information content (AvgIpc) is 2.80. The number of aromatic nitrogens is 2. The molecule has 3 aromatic rings. The van der Waals surface area contributed by atoms with Crippen molar-refractivity contribution in [3.05, 3.63) is 71.0 Å². The fourth-order valence-corrected chi connectivity index (χ4v) is 3.98. The molecule has 0 bridgehead atoms. The van der Waals surface area contributed by atoms with Gasteiger partial charge >= 0.3 is 6.18 Å². The summed E-state index contributed by atoms with van der Waals surface area (Å²) in [5.74, 6) is -1.24. The van der Waals surface area contributed by atoms with Crippen molar-refractivity contribution in [2.24, 2.45) is 0 Å². The first kappa shape index (κ1) is 24.0. The van der Waals surface area contributed by atoms with Crippen LogP contribution in [-0.4, -0.2) is 33.1 Å². The van der Waals surface area contributed by atoms with E-state index in [1.165, 1.54) is 6.07 Å². The highest BCUT2D eigenvalue weighted by atomic mass is 35.5. The van der Waals surface area contributed by atoms with E-state index >= 15 is 0 Å². The first-order valence-electron chi connectivity index (χ1n) is 10.7. The third-order valence-electron chi connectivity index (χ3n) is 5.45. The monoisotopic (exact) mass is 491 g/mol. The van der Waals surface area contributed by atoms with Crippen molar-refractivity contribution in [3.63, 3.8) is 0 Å². The number of nitrogens with zero attached hydrogens (tertiary/aromatic N) is 2. The normalized spacial score (nSPS) is 18.4. The molecule has 0 unspecified atom stereocenters. The number of nitrogens with one attached hydrogen (secondary N) is 1. The number of hydrogen-bond donors (Lipinski definition) is 2. The lowest BCUT2D eigenvalue weighted by atomic mass is 9.92. The predicted molar refractivity (Wildman–Crippen MR) is 120 cm³/mol. The topological polar surface area (TPSA) is 84.3 Å². The molecule has 1 heterocycles. The molecule has 2 N–H and O–H groups in total. The molecule has 0 radical (unpaired) electrons. The van der Waals surface area contributed by atoms with Crippen molar-refractivity contribution in [1.29, 1.82) is 0 Å². The SMILES string of the molecule is O=C(N[C@@H]1CCCC[C@H]1O)c1nc(-c2cccc(Cl)c2)c(Oc2ccccc2)nc1C(F)(F)F. The molecule has 1 saturated carbocycles. The van der Waals surface area contributed by atoms with E-state index in [0.717, 1.165) is 12.8 Å². The Morgan fingerprint density at radius 1 is 1.06 bits per heavy atom. The number of alkyl halides is 3. The van der Waals surface area contributed by atoms with Gasteiger partial charge in [0.1, 0.15) is 11.4 Å². The largest absolute Gasteiger partial charge is 0.437 e. The Morgan fingerprint density at radius 3 is 2.47 bits per heavy atom. The zero-order chi connectivity index (χ0) is 24.3. The van der Waals surface area contributed by atoms with Gasteiger partial charge in [-0.2, -0.15) is 13.2 Å². The molecule has 1 aliphatic carbocycles. The van der Waals surface area contributed by atoms with Gasteiger partial charge in [0.15, 0.2) is 11.4 Å². The first-order chi connectivity index (χ1) is 16.2. The van der Waals surface area contributed by atoms with E-state index < -0.39 is 41.5 Å². The molecule has 1 fully saturated rings. The number of benzene rings is 2. The van der Waals surface area contributed by atoms with Crippen molar-refractivity contribution in [2.75, 3.05) is 0 Å². The van der Waals surface area contributed by atoms with E-state index in [1.54, 1.807) is 48.5 Å². The van der Waals surface area contributed by atoms with Crippen LogP contribution < -0.4 is 10.1 Å². The van der Waals surface area contributed by atoms with Crippen LogP contribution in [-0.2, 0) is 6.18 Å². The number of para-hydroxylation sites is 1. The summed E-state index contributed by atoms with van der Waals surface area (Å²) in [6.07, 6.45) is -3.37. The Hall–Kier alpha value is -3.17. The average molecular weight is 492 g/mol. The van der Waals surface area contributed by atoms with Gasteiger partial charge in [0.2, 0.25) is 5.88 Å². The number of amides is 1. The van der Waals surface area contributed by atoms with Gasteiger partial charge in [-0.3, -0.25) is 4.79 Å². The van der Waals surface area contributed by atoms with Crippen molar-refractivity contribution in [1.82, 2.24) is 15.3 Å². The van der Waals surface area contributed by atoms with Crippen LogP contribution in [0, 0.1) is 0 Å². The molecule has 0 spiro atoms. The molecule has 2 aromatic carbocycles. The maximum Gasteiger partial charge on any atom is 0.435 e. The second-order valence-corrected chi connectivity index (χ2v) is 8.37. The Morgan fingerprint density at radius 2 is 1.79 bits per heavy atom. The summed E-state index contributed by atoms with van der Waals surface area (Å²) in [7, 11) is 0. The van der Waals surface area contributed by atoms with Gasteiger partial charge in [-0.15, -0.1) is 0 Å². The lowest BCUT2D eigenvalue weighted by Gasteiger charge is -2.28. The maximum absolute atomic E-state index is 14.0. The van der Waals surface area contributed by atoms with E-state index in [2.05, 4.69) is 15.3 Å². The fraction of sp³-hybridized carbons (Fsp3) is 0.292. The molecule has 1 aromatic heterocycles. The van der Waals surface area contributed by atoms with Crippen LogP contribution in [0.1, 0.15) is 41.9 Å². The van der Waals surface area contributed by atoms with Crippen LogP contribution in [0.15, 0.2) is 54.6 Å². The standard InChI is InChI=1S/C24H21ClF3N3O3/c25-15-8-6-7-14(13-15)19-23(34-16-9-2-1-3-10-16)31-21(24(26,27)28)20(30-19)22(33)29-17-11-4-5-12-18(17)32/h1-3,6-10,13,17-18,32H,4-5,11-12H2,(H,29,33)/t17-,18-/m1/s1. The van der Waals surface area contributed by atoms with Gasteiger partial charge in [0.25, 0.3) is 5.91 Å². The lowest BCUT2D eigenvalue weighted by molar-refractivity contribution is -0.142. The van der Waals surface area contributed by atoms with Crippen molar-refractivity contribution in [2.45, 2.75) is 44.0 Å². The number of carbonyl (C=O) groups is 1. The summed E-state index contributed by atoms with van der Waals surface area (Å²) in [4.78, 5) is 20.7. The van der Waals surface area contributed by atoms with E-state index in [1.807, 2.05) is 0 Å². The molecular weight excluding hydrogens is 471 g/mol. The smallest absolute Gasteiger partial charge is 0.435 e. The summed E-state index contributed by atoms with van der Waals surface area (Å²) in [5, 5.41) is 13.0. The number of aliphatic hydroxyl groups is 1. The molecule has 1 amide bonds. The van der Waals surface area contributed by atoms with Gasteiger partial charge in [-0.05, 0) is 37.1 Å². The second-order valence-electron chi connectivity index (χ2n) is 7.93. The second kappa shape index (κ2) is 9.99. The van der Waals surface area contributed by atoms with Crippen LogP contribution >= 0.6 is 11.6 Å². The van der Waals surface area contributed by atoms with Crippen molar-refractivity contribution < 1.29 is 27.8 Å². The number of hydrogen-bond acceptors (Lipinski definition) is 5. The molecule has 6 nitrogen and oxygen atoms in total. The van der Waals surface area contributed by atoms with Gasteiger partial charge in [-0.25, -0.2) is 9.97 Å². The minimum atomic E-state index is -4.98. The number of ether oxygens (including phenoxy) is 1. The van der Waals surface area contributed by atoms with Gasteiger partial charge in [0, 0.05) is 10.6 Å². The number of carbonyl (C=O) groups excluding carboxylic acids is 1. The molecule has 0 saturated heterocycles. The fourth-order valence-electron chi connectivity index (χ4n) is 3.79. The van der Waals surface area contributed by atoms with Crippen LogP contribution in [0.5, 0.6) is 11.6 Å². The summed E-state index contributed by atoms with van der Waals surface area (Å²) < 4.78 is 47.6. The number of halogens is 4. The Labute approximate surface area is 198 Å². The lowest BCUT2D eigenvalue weighted by Crippen LogP contribution is -2.45. The Bertz CT molecular complexity index is 1180. The Kier molecular flexibility index (Phi) is 7.04. The molecule has 178 valence electrons. The zero-order valence-electron chi connectivity index (χ0n) is 17.8. The Balaban J connectivity index is 1.83. The highest BCUT2D eigenvalue weighted by Gasteiger charge is 2.41. The summed E-state index contributed by atoms with van der Waals surface area (Å²) in [5.41, 5.74) is -2.13. The van der Waals surface area contributed by atoms with Crippen LogP contribution in [0.4, 0.5) is 13.2 Å². The van der Waals surface area contributed by atoms with Crippen LogP contribution in [0.25, 0.3) is 11.3 Å². The third-order valence-corrected chi connectivity index (χ3v) is 5.68. The number of rotatable bonds is 5. The highest BCUT2D eigenvalue weighted by Crippen LogP contribution is 2.37. The molecule has 10 heteroatoms. The highest BCUT2D eigenvalue weighted by molar-refractivity contribution is 6.30. The van der Waals surface area contributed by atoms with E-state index in [0.29, 0.717) is 23.4 Å². The zero-order valence-corrected chi connectivity index (χ0v) is 18.6. The van der Waals surface area contributed by atoms with E-state index in [9.17, 15) is 23.1 Å². The summed E-state index contributed by atoms with van der Waals surface area (Å²) in [6.45, 7) is 0. The van der Waals surface area contributed by atoms with Crippen molar-refractivity contribution >= 4 is 17.5 Å². The molecule has 34 heavy (non-hydrogen) atoms. The minimum Gasteiger partial charge on any atom is -0.437 e. The number of aliphatic hydroxyl groups excluding tert-OH is 1. The van der Waals surface area contributed by atoms with E-state index in [-0.39, 0.29) is 11.4 Å². The minimum absolute atomic E-state index is 0.0753. The first-order valence-corrected chi connectivity index (χ1v) is 11.1. The van der Waals surface area contributed by atoms with Crippen LogP contribution in [0.3, 0.4) is 0 Å². The van der Waals surface area contributed by atoms with Gasteiger partial charge in [0.05, 0.1) is 12.1 Å². The third kappa shape index (κ3) is 5.48. The van der Waals surface area contributed by atoms with E-state index in [4.69, 9.17) is 16.3 Å². The van der Waals surface area contributed by atoms with Crippen molar-refractivity contribution in [3.8, 4) is 22.9 Å². The van der Waals surface area contributed by atoms with Gasteiger partial charge < -0.3 is 15.2 Å². The van der Waals surface area contributed by atoms with Gasteiger partial charge in [-0.1, -0.05) is 54.8 Å². The predicted octanol–water partition coefficient (Wildman–Crippen LogP) is 5.64. The summed E-state index contributed by atoms with van der Waals surface area (Å²) in [6, 6.07) is 13.7.